The number of pyridine rings is 1. The van der Waals surface area contributed by atoms with Crippen LogP contribution in [-0.4, -0.2) is 14.8 Å². The Labute approximate surface area is 114 Å². The van der Waals surface area contributed by atoms with E-state index >= 15 is 0 Å². The van der Waals surface area contributed by atoms with Gasteiger partial charge >= 0.3 is 0 Å². The number of nitrogens with zero attached hydrogens (tertiary/aromatic N) is 3. The summed E-state index contributed by atoms with van der Waals surface area (Å²) in [7, 11) is 1.98. The van der Waals surface area contributed by atoms with Gasteiger partial charge in [-0.05, 0) is 44.0 Å². The first-order valence-electron chi connectivity index (χ1n) is 6.72. The Balaban J connectivity index is 2.20. The van der Waals surface area contributed by atoms with Crippen molar-refractivity contribution in [3.63, 3.8) is 0 Å². The minimum atomic E-state index is -0.0134. The number of aromatic nitrogens is 3. The van der Waals surface area contributed by atoms with Gasteiger partial charge in [0.1, 0.15) is 0 Å². The molecule has 0 aliphatic carbocycles. The Bertz CT molecular complexity index is 551. The van der Waals surface area contributed by atoms with E-state index in [1.165, 1.54) is 5.69 Å². The van der Waals surface area contributed by atoms with Crippen molar-refractivity contribution in [2.24, 2.45) is 12.8 Å². The van der Waals surface area contributed by atoms with Gasteiger partial charge in [-0.25, -0.2) is 0 Å². The van der Waals surface area contributed by atoms with E-state index in [1.54, 1.807) is 0 Å². The zero-order valence-electron chi connectivity index (χ0n) is 12.1. The van der Waals surface area contributed by atoms with Crippen LogP contribution in [0.5, 0.6) is 0 Å². The molecule has 102 valence electrons. The van der Waals surface area contributed by atoms with Crippen molar-refractivity contribution in [3.8, 4) is 0 Å². The molecule has 1 atom stereocenters. The molecule has 0 bridgehead atoms. The lowest BCUT2D eigenvalue weighted by Gasteiger charge is -2.13. The number of aryl methyl sites for hydroxylation is 4. The standard InChI is InChI=1S/C15H22N4/c1-5-13-8-14(19(4)18-13)9-15(16)12-6-10(2)17-11(3)7-12/h6-8,15H,5,9,16H2,1-4H3. The van der Waals surface area contributed by atoms with Gasteiger partial charge < -0.3 is 5.73 Å². The van der Waals surface area contributed by atoms with Gasteiger partial charge in [0.05, 0.1) is 5.69 Å². The average Bonchev–Trinajstić information content (AvgIpc) is 2.69. The molecule has 2 heterocycles. The molecule has 0 amide bonds. The molecule has 2 rings (SSSR count). The van der Waals surface area contributed by atoms with Gasteiger partial charge in [0.25, 0.3) is 0 Å². The summed E-state index contributed by atoms with van der Waals surface area (Å²) in [6.45, 7) is 6.12. The van der Waals surface area contributed by atoms with Gasteiger partial charge in [0.2, 0.25) is 0 Å². The van der Waals surface area contributed by atoms with E-state index in [4.69, 9.17) is 5.73 Å². The lowest BCUT2D eigenvalue weighted by Crippen LogP contribution is -2.16. The Morgan fingerprint density at radius 3 is 2.37 bits per heavy atom. The van der Waals surface area contributed by atoms with Gasteiger partial charge in [-0.2, -0.15) is 5.10 Å². The SMILES string of the molecule is CCc1cc(CC(N)c2cc(C)nc(C)c2)n(C)n1. The maximum atomic E-state index is 6.32. The van der Waals surface area contributed by atoms with Crippen LogP contribution in [0.15, 0.2) is 18.2 Å². The van der Waals surface area contributed by atoms with Crippen LogP contribution < -0.4 is 5.73 Å². The molecule has 1 unspecified atom stereocenters. The highest BCUT2D eigenvalue weighted by atomic mass is 15.3. The molecule has 2 aromatic rings. The zero-order chi connectivity index (χ0) is 14.0. The summed E-state index contributed by atoms with van der Waals surface area (Å²) in [6, 6.07) is 6.25. The Kier molecular flexibility index (Phi) is 4.00. The average molecular weight is 258 g/mol. The van der Waals surface area contributed by atoms with Gasteiger partial charge in [0.15, 0.2) is 0 Å². The monoisotopic (exact) mass is 258 g/mol. The Morgan fingerprint density at radius 1 is 1.21 bits per heavy atom. The minimum Gasteiger partial charge on any atom is -0.324 e. The maximum absolute atomic E-state index is 6.32. The molecular formula is C15H22N4. The van der Waals surface area contributed by atoms with Crippen LogP contribution in [0.3, 0.4) is 0 Å². The summed E-state index contributed by atoms with van der Waals surface area (Å²) in [5, 5.41) is 4.46. The fourth-order valence-electron chi connectivity index (χ4n) is 2.36. The van der Waals surface area contributed by atoms with Crippen molar-refractivity contribution in [3.05, 3.63) is 46.5 Å². The molecular weight excluding hydrogens is 236 g/mol. The summed E-state index contributed by atoms with van der Waals surface area (Å²) in [4.78, 5) is 4.39. The fourth-order valence-corrected chi connectivity index (χ4v) is 2.36. The first kappa shape index (κ1) is 13.7. The highest BCUT2D eigenvalue weighted by Gasteiger charge is 2.12. The topological polar surface area (TPSA) is 56.7 Å². The van der Waals surface area contributed by atoms with Crippen molar-refractivity contribution in [2.45, 2.75) is 39.7 Å². The second kappa shape index (κ2) is 5.53. The van der Waals surface area contributed by atoms with Crippen LogP contribution in [0.2, 0.25) is 0 Å². The van der Waals surface area contributed by atoms with E-state index in [-0.39, 0.29) is 6.04 Å². The summed E-state index contributed by atoms with van der Waals surface area (Å²) in [5.74, 6) is 0. The van der Waals surface area contributed by atoms with E-state index in [0.29, 0.717) is 0 Å². The van der Waals surface area contributed by atoms with Gasteiger partial charge in [-0.1, -0.05) is 6.92 Å². The lowest BCUT2D eigenvalue weighted by atomic mass is 10.0. The Hall–Kier alpha value is -1.68. The van der Waals surface area contributed by atoms with E-state index in [0.717, 1.165) is 35.5 Å². The van der Waals surface area contributed by atoms with Gasteiger partial charge in [0, 0.05) is 36.6 Å². The molecule has 19 heavy (non-hydrogen) atoms. The molecule has 0 aromatic carbocycles. The smallest absolute Gasteiger partial charge is 0.0624 e. The minimum absolute atomic E-state index is 0.0134. The molecule has 2 N–H and O–H groups in total. The fraction of sp³-hybridized carbons (Fsp3) is 0.467. The maximum Gasteiger partial charge on any atom is 0.0624 e. The number of hydrogen-bond acceptors (Lipinski definition) is 3. The molecule has 4 heteroatoms. The first-order valence-corrected chi connectivity index (χ1v) is 6.72. The molecule has 0 radical (unpaired) electrons. The third-order valence-electron chi connectivity index (χ3n) is 3.35. The van der Waals surface area contributed by atoms with E-state index in [1.807, 2.05) is 25.6 Å². The van der Waals surface area contributed by atoms with Crippen LogP contribution in [0.25, 0.3) is 0 Å². The molecule has 0 aliphatic heterocycles. The van der Waals surface area contributed by atoms with Gasteiger partial charge in [-0.3, -0.25) is 9.67 Å². The molecule has 0 fully saturated rings. The van der Waals surface area contributed by atoms with E-state index in [9.17, 15) is 0 Å². The van der Waals surface area contributed by atoms with Crippen molar-refractivity contribution in [2.75, 3.05) is 0 Å². The first-order chi connectivity index (χ1) is 8.99. The van der Waals surface area contributed by atoms with Crippen molar-refractivity contribution < 1.29 is 0 Å². The van der Waals surface area contributed by atoms with Crippen LogP contribution in [-0.2, 0) is 19.9 Å². The quantitative estimate of drug-likeness (QED) is 0.915. The lowest BCUT2D eigenvalue weighted by molar-refractivity contribution is 0.637. The molecule has 0 aliphatic rings. The number of rotatable bonds is 4. The predicted molar refractivity (Wildman–Crippen MR) is 76.9 cm³/mol. The predicted octanol–water partition coefficient (Wildman–Crippen LogP) is 2.24. The largest absolute Gasteiger partial charge is 0.324 e. The van der Waals surface area contributed by atoms with Crippen LogP contribution in [0, 0.1) is 13.8 Å². The second-order valence-electron chi connectivity index (χ2n) is 5.10. The zero-order valence-corrected chi connectivity index (χ0v) is 12.1. The highest BCUT2D eigenvalue weighted by molar-refractivity contribution is 5.25. The summed E-state index contributed by atoms with van der Waals surface area (Å²) < 4.78 is 1.93. The Morgan fingerprint density at radius 2 is 1.84 bits per heavy atom. The second-order valence-corrected chi connectivity index (χ2v) is 5.10. The van der Waals surface area contributed by atoms with Crippen molar-refractivity contribution in [1.82, 2.24) is 14.8 Å². The number of hydrogen-bond donors (Lipinski definition) is 1. The summed E-state index contributed by atoms with van der Waals surface area (Å²) in [6.07, 6.45) is 1.75. The van der Waals surface area contributed by atoms with E-state index in [2.05, 4.69) is 35.2 Å². The van der Waals surface area contributed by atoms with Gasteiger partial charge in [-0.15, -0.1) is 0 Å². The number of nitrogens with two attached hydrogens (primary N) is 1. The molecule has 0 saturated heterocycles. The van der Waals surface area contributed by atoms with E-state index < -0.39 is 0 Å². The van der Waals surface area contributed by atoms with Crippen molar-refractivity contribution in [1.29, 1.82) is 0 Å². The summed E-state index contributed by atoms with van der Waals surface area (Å²) in [5.41, 5.74) is 11.8. The van der Waals surface area contributed by atoms with Crippen LogP contribution in [0.4, 0.5) is 0 Å². The van der Waals surface area contributed by atoms with Crippen LogP contribution in [0.1, 0.15) is 41.3 Å². The van der Waals surface area contributed by atoms with Crippen molar-refractivity contribution >= 4 is 0 Å². The molecule has 0 spiro atoms. The molecule has 4 nitrogen and oxygen atoms in total. The third kappa shape index (κ3) is 3.20. The third-order valence-corrected chi connectivity index (χ3v) is 3.35. The highest BCUT2D eigenvalue weighted by Crippen LogP contribution is 2.18. The summed E-state index contributed by atoms with van der Waals surface area (Å²) >= 11 is 0. The normalized spacial score (nSPS) is 12.7. The molecule has 2 aromatic heterocycles. The van der Waals surface area contributed by atoms with Crippen LogP contribution >= 0.6 is 0 Å². The molecule has 0 saturated carbocycles.